The molecule has 1 fully saturated rings. The fourth-order valence-corrected chi connectivity index (χ4v) is 2.01. The van der Waals surface area contributed by atoms with Gasteiger partial charge in [0.15, 0.2) is 0 Å². The van der Waals surface area contributed by atoms with Crippen molar-refractivity contribution in [2.75, 3.05) is 13.1 Å². The Hall–Kier alpha value is -0.0800. The van der Waals surface area contributed by atoms with E-state index >= 15 is 0 Å². The number of aliphatic hydroxyl groups excluding tert-OH is 1. The predicted molar refractivity (Wildman–Crippen MR) is 51.1 cm³/mol. The van der Waals surface area contributed by atoms with E-state index in [4.69, 9.17) is 0 Å². The molecule has 0 aromatic rings. The van der Waals surface area contributed by atoms with Crippen molar-refractivity contribution in [1.29, 1.82) is 0 Å². The molecule has 2 unspecified atom stereocenters. The highest BCUT2D eigenvalue weighted by Crippen LogP contribution is 2.31. The quantitative estimate of drug-likeness (QED) is 0.695. The first-order chi connectivity index (χ1) is 5.41. The Bertz CT molecular complexity index is 143. The lowest BCUT2D eigenvalue weighted by Gasteiger charge is -2.49. The first kappa shape index (κ1) is 10.0. The third-order valence-corrected chi connectivity index (χ3v) is 2.57. The molecule has 2 nitrogen and oxygen atoms in total. The predicted octanol–water partition coefficient (Wildman–Crippen LogP) is 1.49. The van der Waals surface area contributed by atoms with E-state index in [1.54, 1.807) is 0 Å². The van der Waals surface area contributed by atoms with Crippen molar-refractivity contribution in [2.45, 2.75) is 46.3 Å². The van der Waals surface area contributed by atoms with E-state index in [2.05, 4.69) is 25.7 Å². The lowest BCUT2D eigenvalue weighted by molar-refractivity contribution is -0.0144. The fourth-order valence-electron chi connectivity index (χ4n) is 2.01. The van der Waals surface area contributed by atoms with Gasteiger partial charge in [-0.2, -0.15) is 0 Å². The second kappa shape index (κ2) is 3.35. The molecule has 2 atom stereocenters. The lowest BCUT2D eigenvalue weighted by Crippen LogP contribution is -2.56. The molecule has 0 spiro atoms. The Kier molecular flexibility index (Phi) is 2.79. The van der Waals surface area contributed by atoms with Gasteiger partial charge in [0.2, 0.25) is 0 Å². The number of aliphatic hydroxyl groups is 1. The summed E-state index contributed by atoms with van der Waals surface area (Å²) in [5.41, 5.74) is 0.507. The van der Waals surface area contributed by atoms with Gasteiger partial charge in [-0.3, -0.25) is 4.90 Å². The molecule has 0 aromatic carbocycles. The van der Waals surface area contributed by atoms with Crippen LogP contribution in [0.25, 0.3) is 0 Å². The minimum absolute atomic E-state index is 0.163. The molecule has 0 aromatic heterocycles. The summed E-state index contributed by atoms with van der Waals surface area (Å²) in [6, 6.07) is 0.540. The standard InChI is InChI=1S/C10H21NO/c1-8(5-9(2)12)11-6-10(3,4)7-11/h8-9,12H,5-7H2,1-4H3. The molecule has 0 amide bonds. The van der Waals surface area contributed by atoms with Crippen LogP contribution >= 0.6 is 0 Å². The van der Waals surface area contributed by atoms with E-state index in [1.807, 2.05) is 6.92 Å². The Morgan fingerprint density at radius 1 is 1.33 bits per heavy atom. The summed E-state index contributed by atoms with van der Waals surface area (Å²) in [5, 5.41) is 9.19. The average molecular weight is 171 g/mol. The van der Waals surface area contributed by atoms with Crippen molar-refractivity contribution < 1.29 is 5.11 Å². The van der Waals surface area contributed by atoms with Crippen LogP contribution < -0.4 is 0 Å². The maximum absolute atomic E-state index is 9.19. The summed E-state index contributed by atoms with van der Waals surface area (Å²) in [6.45, 7) is 11.0. The smallest absolute Gasteiger partial charge is 0.0526 e. The van der Waals surface area contributed by atoms with Crippen LogP contribution in [0.5, 0.6) is 0 Å². The number of rotatable bonds is 3. The third-order valence-electron chi connectivity index (χ3n) is 2.57. The number of nitrogens with zero attached hydrogens (tertiary/aromatic N) is 1. The van der Waals surface area contributed by atoms with Crippen LogP contribution in [-0.4, -0.2) is 35.2 Å². The molecule has 0 bridgehead atoms. The van der Waals surface area contributed by atoms with Gasteiger partial charge in [-0.05, 0) is 25.7 Å². The van der Waals surface area contributed by atoms with Crippen molar-refractivity contribution in [2.24, 2.45) is 5.41 Å². The monoisotopic (exact) mass is 171 g/mol. The zero-order chi connectivity index (χ0) is 9.35. The van der Waals surface area contributed by atoms with Crippen LogP contribution in [0.15, 0.2) is 0 Å². The zero-order valence-corrected chi connectivity index (χ0v) is 8.67. The van der Waals surface area contributed by atoms with Gasteiger partial charge in [-0.15, -0.1) is 0 Å². The Balaban J connectivity index is 2.23. The molecule has 12 heavy (non-hydrogen) atoms. The van der Waals surface area contributed by atoms with Crippen LogP contribution in [0.2, 0.25) is 0 Å². The Morgan fingerprint density at radius 2 is 1.83 bits per heavy atom. The summed E-state index contributed by atoms with van der Waals surface area (Å²) < 4.78 is 0. The van der Waals surface area contributed by atoms with Gasteiger partial charge in [0.05, 0.1) is 6.10 Å². The molecule has 1 rings (SSSR count). The molecule has 0 radical (unpaired) electrons. The molecule has 1 aliphatic rings. The fraction of sp³-hybridized carbons (Fsp3) is 1.00. The summed E-state index contributed by atoms with van der Waals surface area (Å²) >= 11 is 0. The van der Waals surface area contributed by atoms with Crippen LogP contribution in [-0.2, 0) is 0 Å². The van der Waals surface area contributed by atoms with Crippen molar-refractivity contribution in [3.8, 4) is 0 Å². The van der Waals surface area contributed by atoms with Crippen molar-refractivity contribution >= 4 is 0 Å². The lowest BCUT2D eigenvalue weighted by atomic mass is 9.83. The first-order valence-electron chi connectivity index (χ1n) is 4.83. The van der Waals surface area contributed by atoms with Gasteiger partial charge in [-0.25, -0.2) is 0 Å². The van der Waals surface area contributed by atoms with E-state index in [0.29, 0.717) is 11.5 Å². The van der Waals surface area contributed by atoms with Gasteiger partial charge in [0.1, 0.15) is 0 Å². The van der Waals surface area contributed by atoms with Crippen molar-refractivity contribution in [3.05, 3.63) is 0 Å². The van der Waals surface area contributed by atoms with Gasteiger partial charge in [0.25, 0.3) is 0 Å². The van der Waals surface area contributed by atoms with Crippen LogP contribution in [0, 0.1) is 5.41 Å². The maximum atomic E-state index is 9.19. The molecule has 1 saturated heterocycles. The van der Waals surface area contributed by atoms with Gasteiger partial charge in [0, 0.05) is 19.1 Å². The van der Waals surface area contributed by atoms with E-state index in [1.165, 1.54) is 13.1 Å². The SMILES string of the molecule is CC(O)CC(C)N1CC(C)(C)C1. The normalized spacial score (nSPS) is 27.8. The Morgan fingerprint density at radius 3 is 2.17 bits per heavy atom. The zero-order valence-electron chi connectivity index (χ0n) is 8.67. The van der Waals surface area contributed by atoms with E-state index in [9.17, 15) is 5.11 Å². The molecule has 2 heteroatoms. The van der Waals surface area contributed by atoms with E-state index in [-0.39, 0.29) is 6.10 Å². The largest absolute Gasteiger partial charge is 0.393 e. The summed E-state index contributed by atoms with van der Waals surface area (Å²) in [6.07, 6.45) is 0.736. The molecule has 0 aliphatic carbocycles. The number of hydrogen-bond donors (Lipinski definition) is 1. The molecule has 1 aliphatic heterocycles. The summed E-state index contributed by atoms with van der Waals surface area (Å²) in [5.74, 6) is 0. The van der Waals surface area contributed by atoms with Gasteiger partial charge < -0.3 is 5.11 Å². The second-order valence-corrected chi connectivity index (χ2v) is 5.00. The average Bonchev–Trinajstić information content (AvgIpc) is 1.80. The van der Waals surface area contributed by atoms with Crippen LogP contribution in [0.3, 0.4) is 0 Å². The van der Waals surface area contributed by atoms with E-state index in [0.717, 1.165) is 6.42 Å². The molecule has 1 N–H and O–H groups in total. The van der Waals surface area contributed by atoms with Crippen LogP contribution in [0.1, 0.15) is 34.1 Å². The van der Waals surface area contributed by atoms with Gasteiger partial charge >= 0.3 is 0 Å². The molecular weight excluding hydrogens is 150 g/mol. The highest BCUT2D eigenvalue weighted by atomic mass is 16.3. The number of likely N-dealkylation sites (tertiary alicyclic amines) is 1. The first-order valence-corrected chi connectivity index (χ1v) is 4.83. The highest BCUT2D eigenvalue weighted by molar-refractivity contribution is 4.90. The third kappa shape index (κ3) is 2.46. The molecule has 0 saturated carbocycles. The number of hydrogen-bond acceptors (Lipinski definition) is 2. The molecular formula is C10H21NO. The minimum atomic E-state index is -0.163. The van der Waals surface area contributed by atoms with Crippen molar-refractivity contribution in [1.82, 2.24) is 4.90 Å². The maximum Gasteiger partial charge on any atom is 0.0526 e. The van der Waals surface area contributed by atoms with Crippen molar-refractivity contribution in [3.63, 3.8) is 0 Å². The van der Waals surface area contributed by atoms with Gasteiger partial charge in [-0.1, -0.05) is 13.8 Å². The molecule has 72 valence electrons. The minimum Gasteiger partial charge on any atom is -0.393 e. The summed E-state index contributed by atoms with van der Waals surface area (Å²) in [7, 11) is 0. The molecule has 1 heterocycles. The van der Waals surface area contributed by atoms with E-state index < -0.39 is 0 Å². The second-order valence-electron chi connectivity index (χ2n) is 5.00. The van der Waals surface area contributed by atoms with Crippen LogP contribution in [0.4, 0.5) is 0 Å². The highest BCUT2D eigenvalue weighted by Gasteiger charge is 2.36. The summed E-state index contributed by atoms with van der Waals surface area (Å²) in [4.78, 5) is 2.44. The topological polar surface area (TPSA) is 23.5 Å². The Labute approximate surface area is 75.6 Å².